The van der Waals surface area contributed by atoms with Gasteiger partial charge in [-0.1, -0.05) is 24.3 Å². The maximum atomic E-state index is 13.2. The van der Waals surface area contributed by atoms with Crippen LogP contribution in [0.4, 0.5) is 0 Å². The number of likely N-dealkylation sites (tertiary alicyclic amines) is 1. The smallest absolute Gasteiger partial charge is 0.255 e. The summed E-state index contributed by atoms with van der Waals surface area (Å²) in [4.78, 5) is 41.4. The van der Waals surface area contributed by atoms with Crippen LogP contribution in [0.15, 0.2) is 48.7 Å². The van der Waals surface area contributed by atoms with Gasteiger partial charge in [0.2, 0.25) is 11.8 Å². The van der Waals surface area contributed by atoms with E-state index in [-0.39, 0.29) is 29.6 Å². The number of nitrogens with zero attached hydrogens (tertiary/aromatic N) is 4. The number of hydrogen-bond donors (Lipinski definition) is 1. The monoisotopic (exact) mass is 525 g/mol. The largest absolute Gasteiger partial charge is 0.492 e. The molecular weight excluding hydrogens is 494 g/mol. The van der Waals surface area contributed by atoms with Crippen LogP contribution in [0.1, 0.15) is 52.7 Å². The van der Waals surface area contributed by atoms with Crippen LogP contribution in [0.25, 0.3) is 11.3 Å². The van der Waals surface area contributed by atoms with Gasteiger partial charge in [-0.3, -0.25) is 29.3 Å². The summed E-state index contributed by atoms with van der Waals surface area (Å²) in [6.07, 6.45) is 4.55. The van der Waals surface area contributed by atoms with Gasteiger partial charge in [0.15, 0.2) is 0 Å². The van der Waals surface area contributed by atoms with Crippen LogP contribution >= 0.6 is 0 Å². The Morgan fingerprint density at radius 1 is 1.10 bits per heavy atom. The summed E-state index contributed by atoms with van der Waals surface area (Å²) in [5, 5.41) is 6.91. The quantitative estimate of drug-likeness (QED) is 0.527. The molecule has 0 radical (unpaired) electrons. The van der Waals surface area contributed by atoms with Crippen LogP contribution in [-0.4, -0.2) is 63.0 Å². The highest BCUT2D eigenvalue weighted by Gasteiger charge is 2.47. The number of piperidine rings is 2. The summed E-state index contributed by atoms with van der Waals surface area (Å²) < 4.78 is 8.15. The number of hydrogen-bond acceptors (Lipinski definition) is 6. The Morgan fingerprint density at radius 2 is 1.95 bits per heavy atom. The van der Waals surface area contributed by atoms with Gasteiger partial charge < -0.3 is 9.64 Å². The van der Waals surface area contributed by atoms with E-state index in [2.05, 4.69) is 45.6 Å². The standard InChI is InChI=1S/C30H31N5O4/c1-33-12-9-24(32-33)20-4-2-3-19(15-20)16-34-13-10-30(11-14-34)18-39-27-22-17-35(25-7-8-26(36)31-28(25)37)29(38)21(22)5-6-23(27)30/h2-6,9,12,15,25H,7-8,10-11,13-14,16-18H2,1H3,(H,31,36,37)/t25-/m0/s1. The molecule has 5 heterocycles. The minimum atomic E-state index is -0.618. The fourth-order valence-electron chi connectivity index (χ4n) is 6.69. The Balaban J connectivity index is 1.05. The molecule has 39 heavy (non-hydrogen) atoms. The van der Waals surface area contributed by atoms with E-state index in [1.807, 2.05) is 30.1 Å². The topological polar surface area (TPSA) is 96.8 Å². The average Bonchev–Trinajstić information content (AvgIpc) is 3.62. The predicted molar refractivity (Wildman–Crippen MR) is 143 cm³/mol. The zero-order chi connectivity index (χ0) is 26.7. The summed E-state index contributed by atoms with van der Waals surface area (Å²) in [6, 6.07) is 14.0. The van der Waals surface area contributed by atoms with E-state index in [4.69, 9.17) is 4.74 Å². The molecule has 9 nitrogen and oxygen atoms in total. The molecule has 1 N–H and O–H groups in total. The average molecular weight is 526 g/mol. The molecule has 3 amide bonds. The lowest BCUT2D eigenvalue weighted by molar-refractivity contribution is -0.136. The Labute approximate surface area is 226 Å². The maximum Gasteiger partial charge on any atom is 0.255 e. The third-order valence-electron chi connectivity index (χ3n) is 8.89. The molecule has 1 atom stereocenters. The SMILES string of the molecule is Cn1ccc(-c2cccc(CN3CCC4(CC3)COc3c4ccc4c3CN([C@H]3CCC(=O)NC3=O)C4=O)c2)n1. The number of benzene rings is 2. The second-order valence-corrected chi connectivity index (χ2v) is 11.3. The van der Waals surface area contributed by atoms with Crippen LogP contribution in [0.5, 0.6) is 5.75 Å². The maximum absolute atomic E-state index is 13.2. The van der Waals surface area contributed by atoms with Crippen LogP contribution in [0.2, 0.25) is 0 Å². The number of amides is 3. The van der Waals surface area contributed by atoms with Crippen molar-refractivity contribution in [1.29, 1.82) is 0 Å². The zero-order valence-electron chi connectivity index (χ0n) is 22.0. The van der Waals surface area contributed by atoms with Crippen molar-refractivity contribution in [1.82, 2.24) is 24.9 Å². The third kappa shape index (κ3) is 4.03. The summed E-state index contributed by atoms with van der Waals surface area (Å²) in [7, 11) is 1.93. The molecule has 2 fully saturated rings. The summed E-state index contributed by atoms with van der Waals surface area (Å²) in [6.45, 7) is 3.79. The molecule has 1 aromatic heterocycles. The number of rotatable bonds is 4. The third-order valence-corrected chi connectivity index (χ3v) is 8.89. The van der Waals surface area contributed by atoms with Gasteiger partial charge in [-0.25, -0.2) is 0 Å². The molecule has 4 aliphatic heterocycles. The van der Waals surface area contributed by atoms with Crippen LogP contribution in [0.3, 0.4) is 0 Å². The first-order valence-corrected chi connectivity index (χ1v) is 13.7. The number of imide groups is 1. The Bertz CT molecular complexity index is 1500. The fraction of sp³-hybridized carbons (Fsp3) is 0.400. The summed E-state index contributed by atoms with van der Waals surface area (Å²) in [5.74, 6) is -0.0000327. The second kappa shape index (κ2) is 9.05. The molecule has 3 aromatic rings. The van der Waals surface area contributed by atoms with E-state index in [0.717, 1.165) is 55.0 Å². The Kier molecular flexibility index (Phi) is 5.59. The fourth-order valence-corrected chi connectivity index (χ4v) is 6.69. The summed E-state index contributed by atoms with van der Waals surface area (Å²) >= 11 is 0. The van der Waals surface area contributed by atoms with Crippen molar-refractivity contribution in [2.24, 2.45) is 7.05 Å². The lowest BCUT2D eigenvalue weighted by Gasteiger charge is -2.38. The zero-order valence-corrected chi connectivity index (χ0v) is 22.0. The highest BCUT2D eigenvalue weighted by atomic mass is 16.5. The van der Waals surface area contributed by atoms with Crippen molar-refractivity contribution in [2.45, 2.75) is 50.2 Å². The lowest BCUT2D eigenvalue weighted by Crippen LogP contribution is -2.52. The van der Waals surface area contributed by atoms with Gasteiger partial charge in [0, 0.05) is 53.9 Å². The van der Waals surface area contributed by atoms with Crippen molar-refractivity contribution in [3.63, 3.8) is 0 Å². The van der Waals surface area contributed by atoms with Gasteiger partial charge in [0.05, 0.1) is 18.8 Å². The van der Waals surface area contributed by atoms with E-state index in [1.165, 1.54) is 11.1 Å². The van der Waals surface area contributed by atoms with Gasteiger partial charge >= 0.3 is 0 Å². The van der Waals surface area contributed by atoms with E-state index in [9.17, 15) is 14.4 Å². The van der Waals surface area contributed by atoms with Crippen LogP contribution < -0.4 is 10.1 Å². The minimum absolute atomic E-state index is 0.0538. The van der Waals surface area contributed by atoms with Crippen LogP contribution in [0, 0.1) is 0 Å². The van der Waals surface area contributed by atoms with E-state index in [1.54, 1.807) is 4.90 Å². The normalized spacial score (nSPS) is 22.1. The molecule has 0 saturated carbocycles. The number of carbonyl (C=O) groups excluding carboxylic acids is 3. The molecule has 0 unspecified atom stereocenters. The number of aryl methyl sites for hydroxylation is 1. The Hall–Kier alpha value is -3.98. The van der Waals surface area contributed by atoms with Crippen molar-refractivity contribution in [3.05, 3.63) is 70.9 Å². The molecule has 1 spiro atoms. The highest BCUT2D eigenvalue weighted by molar-refractivity contribution is 6.05. The van der Waals surface area contributed by atoms with Gasteiger partial charge in [-0.05, 0) is 56.1 Å². The molecule has 9 heteroatoms. The highest BCUT2D eigenvalue weighted by Crippen LogP contribution is 2.49. The van der Waals surface area contributed by atoms with Gasteiger partial charge in [-0.2, -0.15) is 5.10 Å². The Morgan fingerprint density at radius 3 is 2.72 bits per heavy atom. The lowest BCUT2D eigenvalue weighted by atomic mass is 9.74. The number of aromatic nitrogens is 2. The molecule has 4 aliphatic rings. The number of ether oxygens (including phenoxy) is 1. The molecular formula is C30H31N5O4. The molecule has 0 bridgehead atoms. The second-order valence-electron chi connectivity index (χ2n) is 11.3. The van der Waals surface area contributed by atoms with E-state index in [0.29, 0.717) is 25.1 Å². The predicted octanol–water partition coefficient (Wildman–Crippen LogP) is 2.77. The first kappa shape index (κ1) is 24.1. The first-order valence-electron chi connectivity index (χ1n) is 13.7. The van der Waals surface area contributed by atoms with E-state index >= 15 is 0 Å². The van der Waals surface area contributed by atoms with E-state index < -0.39 is 6.04 Å². The minimum Gasteiger partial charge on any atom is -0.492 e. The van der Waals surface area contributed by atoms with Crippen molar-refractivity contribution >= 4 is 17.7 Å². The molecule has 0 aliphatic carbocycles. The number of nitrogens with one attached hydrogen (secondary N) is 1. The van der Waals surface area contributed by atoms with Crippen LogP contribution in [-0.2, 0) is 35.1 Å². The summed E-state index contributed by atoms with van der Waals surface area (Å²) in [5.41, 5.74) is 6.03. The molecule has 2 aromatic carbocycles. The number of fused-ring (bicyclic) bond motifs is 4. The van der Waals surface area contributed by atoms with Gasteiger partial charge in [0.25, 0.3) is 5.91 Å². The van der Waals surface area contributed by atoms with Crippen molar-refractivity contribution in [3.8, 4) is 17.0 Å². The number of carbonyl (C=O) groups is 3. The van der Waals surface area contributed by atoms with Crippen molar-refractivity contribution < 1.29 is 19.1 Å². The van der Waals surface area contributed by atoms with Gasteiger partial charge in [0.1, 0.15) is 11.8 Å². The first-order chi connectivity index (χ1) is 18.9. The molecule has 200 valence electrons. The molecule has 2 saturated heterocycles. The van der Waals surface area contributed by atoms with Crippen molar-refractivity contribution in [2.75, 3.05) is 19.7 Å². The molecule has 7 rings (SSSR count). The van der Waals surface area contributed by atoms with Gasteiger partial charge in [-0.15, -0.1) is 0 Å².